The minimum Gasteiger partial charge on any atom is -0.251 e. The van der Waals surface area contributed by atoms with Crippen LogP contribution in [0.25, 0.3) is 10.9 Å². The molecule has 72 valence electrons. The third-order valence-electron chi connectivity index (χ3n) is 1.94. The van der Waals surface area contributed by atoms with Gasteiger partial charge in [0.1, 0.15) is 0 Å². The van der Waals surface area contributed by atoms with Gasteiger partial charge >= 0.3 is 0 Å². The first-order valence-electron chi connectivity index (χ1n) is 4.00. The Balaban J connectivity index is 3.00. The highest BCUT2D eigenvalue weighted by Gasteiger charge is 2.09. The largest absolute Gasteiger partial charge is 0.251 e. The first-order valence-corrected chi connectivity index (χ1v) is 5.14. The second kappa shape index (κ2) is 3.58. The summed E-state index contributed by atoms with van der Waals surface area (Å²) in [5.41, 5.74) is 1.48. The highest BCUT2D eigenvalue weighted by molar-refractivity contribution is 6.44. The van der Waals surface area contributed by atoms with Crippen LogP contribution in [-0.2, 0) is 0 Å². The number of aromatic nitrogens is 1. The van der Waals surface area contributed by atoms with Gasteiger partial charge in [-0.1, -0.05) is 34.8 Å². The zero-order chi connectivity index (χ0) is 10.3. The van der Waals surface area contributed by atoms with E-state index in [0.717, 1.165) is 5.69 Å². The Morgan fingerprint density at radius 3 is 2.36 bits per heavy atom. The summed E-state index contributed by atoms with van der Waals surface area (Å²) in [6, 6.07) is 5.20. The molecule has 0 bridgehead atoms. The molecule has 0 aliphatic heterocycles. The summed E-state index contributed by atoms with van der Waals surface area (Å²) in [6.45, 7) is 1.86. The maximum atomic E-state index is 6.06. The molecule has 1 aromatic heterocycles. The number of benzene rings is 1. The van der Waals surface area contributed by atoms with Crippen LogP contribution in [0, 0.1) is 6.92 Å². The first-order chi connectivity index (χ1) is 6.59. The summed E-state index contributed by atoms with van der Waals surface area (Å²) >= 11 is 18.1. The van der Waals surface area contributed by atoms with Gasteiger partial charge in [-0.25, -0.2) is 0 Å². The molecule has 0 unspecified atom stereocenters. The van der Waals surface area contributed by atoms with Crippen LogP contribution in [0.3, 0.4) is 0 Å². The van der Waals surface area contributed by atoms with Crippen molar-refractivity contribution in [1.82, 2.24) is 4.98 Å². The number of aryl methyl sites for hydroxylation is 1. The van der Waals surface area contributed by atoms with Gasteiger partial charge in [-0.3, -0.25) is 4.98 Å². The minimum absolute atomic E-state index is 0.565. The molecule has 0 saturated heterocycles. The van der Waals surface area contributed by atoms with E-state index in [1.54, 1.807) is 18.2 Å². The highest BCUT2D eigenvalue weighted by atomic mass is 35.5. The van der Waals surface area contributed by atoms with Crippen molar-refractivity contribution in [2.24, 2.45) is 0 Å². The van der Waals surface area contributed by atoms with Crippen LogP contribution in [0.15, 0.2) is 18.2 Å². The molecule has 2 aromatic rings. The summed E-state index contributed by atoms with van der Waals surface area (Å²) in [6.07, 6.45) is 0. The Hall–Kier alpha value is -0.500. The van der Waals surface area contributed by atoms with E-state index < -0.39 is 0 Å². The van der Waals surface area contributed by atoms with Crippen molar-refractivity contribution in [3.63, 3.8) is 0 Å². The van der Waals surface area contributed by atoms with E-state index in [1.165, 1.54) is 0 Å². The second-order valence-corrected chi connectivity index (χ2v) is 4.22. The molecule has 1 nitrogen and oxygen atoms in total. The second-order valence-electron chi connectivity index (χ2n) is 3.00. The van der Waals surface area contributed by atoms with Crippen LogP contribution in [0.4, 0.5) is 0 Å². The lowest BCUT2D eigenvalue weighted by molar-refractivity contribution is 1.26. The van der Waals surface area contributed by atoms with Crippen molar-refractivity contribution < 1.29 is 0 Å². The molecule has 0 radical (unpaired) electrons. The molecule has 0 amide bonds. The Labute approximate surface area is 96.6 Å². The van der Waals surface area contributed by atoms with E-state index in [-0.39, 0.29) is 0 Å². The zero-order valence-corrected chi connectivity index (χ0v) is 9.58. The number of nitrogens with zero attached hydrogens (tertiary/aromatic N) is 1. The van der Waals surface area contributed by atoms with Crippen LogP contribution in [0.5, 0.6) is 0 Å². The first kappa shape index (κ1) is 10.0. The van der Waals surface area contributed by atoms with Gasteiger partial charge < -0.3 is 0 Å². The van der Waals surface area contributed by atoms with Crippen molar-refractivity contribution in [2.75, 3.05) is 0 Å². The van der Waals surface area contributed by atoms with Gasteiger partial charge in [-0.2, -0.15) is 0 Å². The lowest BCUT2D eigenvalue weighted by Gasteiger charge is -2.05. The van der Waals surface area contributed by atoms with Crippen molar-refractivity contribution in [3.05, 3.63) is 39.0 Å². The SMILES string of the molecule is Cc1cc(Cl)c2c(Cl)ccc(Cl)c2n1. The molecule has 0 N–H and O–H groups in total. The van der Waals surface area contributed by atoms with Gasteiger partial charge in [0.2, 0.25) is 0 Å². The summed E-state index contributed by atoms with van der Waals surface area (Å²) < 4.78 is 0. The normalized spacial score (nSPS) is 10.9. The molecule has 0 saturated carbocycles. The summed E-state index contributed by atoms with van der Waals surface area (Å²) in [5.74, 6) is 0. The van der Waals surface area contributed by atoms with Crippen molar-refractivity contribution in [3.8, 4) is 0 Å². The molecule has 4 heteroatoms. The van der Waals surface area contributed by atoms with E-state index in [4.69, 9.17) is 34.8 Å². The maximum absolute atomic E-state index is 6.06. The molecule has 0 aliphatic rings. The third kappa shape index (κ3) is 1.56. The molecule has 0 atom stereocenters. The fourth-order valence-electron chi connectivity index (χ4n) is 1.34. The molecule has 14 heavy (non-hydrogen) atoms. The van der Waals surface area contributed by atoms with Gasteiger partial charge in [0.05, 0.1) is 20.6 Å². The Bertz CT molecular complexity index is 508. The number of pyridine rings is 1. The third-order valence-corrected chi connectivity index (χ3v) is 2.86. The van der Waals surface area contributed by atoms with Crippen LogP contribution < -0.4 is 0 Å². The summed E-state index contributed by atoms with van der Waals surface area (Å²) in [7, 11) is 0. The number of rotatable bonds is 0. The summed E-state index contributed by atoms with van der Waals surface area (Å²) in [4.78, 5) is 4.30. The van der Waals surface area contributed by atoms with Crippen molar-refractivity contribution >= 4 is 45.7 Å². The van der Waals surface area contributed by atoms with Gasteiger partial charge in [0.25, 0.3) is 0 Å². The molecular formula is C10H6Cl3N. The van der Waals surface area contributed by atoms with E-state index in [9.17, 15) is 0 Å². The van der Waals surface area contributed by atoms with Crippen LogP contribution >= 0.6 is 34.8 Å². The lowest BCUT2D eigenvalue weighted by Crippen LogP contribution is -1.86. The molecular weight excluding hydrogens is 240 g/mol. The zero-order valence-electron chi connectivity index (χ0n) is 7.31. The van der Waals surface area contributed by atoms with Crippen LogP contribution in [0.2, 0.25) is 15.1 Å². The molecule has 1 heterocycles. The van der Waals surface area contributed by atoms with Gasteiger partial charge in [0.15, 0.2) is 0 Å². The average molecular weight is 247 g/mol. The predicted octanol–water partition coefficient (Wildman–Crippen LogP) is 4.50. The van der Waals surface area contributed by atoms with E-state index >= 15 is 0 Å². The number of hydrogen-bond acceptors (Lipinski definition) is 1. The fraction of sp³-hybridized carbons (Fsp3) is 0.100. The van der Waals surface area contributed by atoms with Gasteiger partial charge in [0, 0.05) is 11.1 Å². The highest BCUT2D eigenvalue weighted by Crippen LogP contribution is 2.33. The van der Waals surface area contributed by atoms with E-state index in [0.29, 0.717) is 26.0 Å². The number of halogens is 3. The smallest absolute Gasteiger partial charge is 0.0921 e. The molecule has 0 spiro atoms. The topological polar surface area (TPSA) is 12.9 Å². The van der Waals surface area contributed by atoms with Gasteiger partial charge in [-0.05, 0) is 25.1 Å². The van der Waals surface area contributed by atoms with Crippen LogP contribution in [-0.4, -0.2) is 4.98 Å². The van der Waals surface area contributed by atoms with Crippen molar-refractivity contribution in [1.29, 1.82) is 0 Å². The molecule has 0 fully saturated rings. The molecule has 1 aromatic carbocycles. The maximum Gasteiger partial charge on any atom is 0.0921 e. The standard InChI is InChI=1S/C10H6Cl3N/c1-5-4-8(13)9-6(11)2-3-7(12)10(9)14-5/h2-4H,1H3. The quantitative estimate of drug-likeness (QED) is 0.667. The molecule has 2 rings (SSSR count). The number of hydrogen-bond donors (Lipinski definition) is 0. The Kier molecular flexibility index (Phi) is 2.56. The van der Waals surface area contributed by atoms with E-state index in [1.807, 2.05) is 6.92 Å². The monoisotopic (exact) mass is 245 g/mol. The van der Waals surface area contributed by atoms with E-state index in [2.05, 4.69) is 4.98 Å². The Morgan fingerprint density at radius 1 is 1.00 bits per heavy atom. The Morgan fingerprint density at radius 2 is 1.64 bits per heavy atom. The van der Waals surface area contributed by atoms with Gasteiger partial charge in [-0.15, -0.1) is 0 Å². The van der Waals surface area contributed by atoms with Crippen LogP contribution in [0.1, 0.15) is 5.69 Å². The lowest BCUT2D eigenvalue weighted by atomic mass is 10.2. The number of fused-ring (bicyclic) bond motifs is 1. The summed E-state index contributed by atoms with van der Waals surface area (Å²) in [5, 5.41) is 2.43. The molecule has 0 aliphatic carbocycles. The predicted molar refractivity (Wildman–Crippen MR) is 61.5 cm³/mol. The fourth-order valence-corrected chi connectivity index (χ4v) is 2.19. The average Bonchev–Trinajstić information content (AvgIpc) is 2.10. The van der Waals surface area contributed by atoms with Crippen molar-refractivity contribution in [2.45, 2.75) is 6.92 Å². The minimum atomic E-state index is 0.565.